The Morgan fingerprint density at radius 2 is 2.30 bits per heavy atom. The second-order valence-corrected chi connectivity index (χ2v) is 5.90. The van der Waals surface area contributed by atoms with E-state index in [9.17, 15) is 0 Å². The van der Waals surface area contributed by atoms with Crippen LogP contribution in [0.4, 0.5) is 0 Å². The third-order valence-electron chi connectivity index (χ3n) is 2.90. The summed E-state index contributed by atoms with van der Waals surface area (Å²) in [5.74, 6) is 1.44. The molecule has 0 saturated heterocycles. The van der Waals surface area contributed by atoms with Crippen LogP contribution < -0.4 is 0 Å². The predicted molar refractivity (Wildman–Crippen MR) is 77.5 cm³/mol. The van der Waals surface area contributed by atoms with Gasteiger partial charge in [-0.25, -0.2) is 9.97 Å². The van der Waals surface area contributed by atoms with Crippen LogP contribution >= 0.6 is 27.5 Å². The highest BCUT2D eigenvalue weighted by Gasteiger charge is 2.16. The first-order chi connectivity index (χ1) is 9.65. The van der Waals surface area contributed by atoms with Crippen molar-refractivity contribution in [2.24, 2.45) is 0 Å². The Bertz CT molecular complexity index is 725. The maximum atomic E-state index is 6.21. The molecule has 3 heterocycles. The molecule has 1 unspecified atom stereocenters. The van der Waals surface area contributed by atoms with Gasteiger partial charge in [0.1, 0.15) is 11.3 Å². The number of imidazole rings is 1. The van der Waals surface area contributed by atoms with E-state index in [2.05, 4.69) is 36.0 Å². The molecule has 0 aliphatic rings. The molecule has 0 N–H and O–H groups in total. The number of nitrogens with zero attached hydrogens (tertiary/aromatic N) is 5. The molecule has 0 saturated carbocycles. The van der Waals surface area contributed by atoms with Crippen LogP contribution in [0, 0.1) is 0 Å². The van der Waals surface area contributed by atoms with Gasteiger partial charge in [-0.1, -0.05) is 5.16 Å². The summed E-state index contributed by atoms with van der Waals surface area (Å²) >= 11 is 9.60. The monoisotopic (exact) mass is 355 g/mol. The Hall–Kier alpha value is -1.47. The minimum absolute atomic E-state index is 0.201. The highest BCUT2D eigenvalue weighted by molar-refractivity contribution is 9.10. The van der Waals surface area contributed by atoms with E-state index in [1.165, 1.54) is 6.39 Å². The van der Waals surface area contributed by atoms with Crippen LogP contribution in [0.5, 0.6) is 0 Å². The molecule has 0 radical (unpaired) electrons. The van der Waals surface area contributed by atoms with Crippen LogP contribution in [0.1, 0.15) is 23.9 Å². The Balaban J connectivity index is 2.00. The molecule has 1 atom stereocenters. The zero-order valence-corrected chi connectivity index (χ0v) is 13.0. The topological polar surface area (TPSA) is 69.6 Å². The van der Waals surface area contributed by atoms with Crippen LogP contribution in [-0.4, -0.2) is 24.7 Å². The normalized spacial score (nSPS) is 12.9. The number of aromatic nitrogens is 5. The first-order valence-corrected chi connectivity index (χ1v) is 7.29. The van der Waals surface area contributed by atoms with Crippen LogP contribution in [0.25, 0.3) is 11.2 Å². The summed E-state index contributed by atoms with van der Waals surface area (Å²) in [7, 11) is 0. The number of pyridine rings is 1. The standard InChI is InChI=1S/C12H11BrClN5O/c1-7(14)11-17-9-4-8(13)5-15-12(9)19(11)3-2-10-16-6-20-18-10/h4-7H,2-3H2,1H3. The Labute approximate surface area is 128 Å². The number of halogens is 2. The van der Waals surface area contributed by atoms with Crippen molar-refractivity contribution in [3.8, 4) is 0 Å². The van der Waals surface area contributed by atoms with E-state index in [4.69, 9.17) is 16.1 Å². The van der Waals surface area contributed by atoms with Gasteiger partial charge in [-0.2, -0.15) is 4.98 Å². The molecule has 0 bridgehead atoms. The van der Waals surface area contributed by atoms with E-state index >= 15 is 0 Å². The van der Waals surface area contributed by atoms with Gasteiger partial charge in [-0.05, 0) is 28.9 Å². The number of hydrogen-bond acceptors (Lipinski definition) is 5. The molecule has 8 heteroatoms. The average Bonchev–Trinajstić information content (AvgIpc) is 3.02. The van der Waals surface area contributed by atoms with E-state index in [1.54, 1.807) is 6.20 Å². The summed E-state index contributed by atoms with van der Waals surface area (Å²) in [6.07, 6.45) is 3.70. The molecule has 0 amide bonds. The number of fused-ring (bicyclic) bond motifs is 1. The van der Waals surface area contributed by atoms with Crippen LogP contribution in [0.2, 0.25) is 0 Å². The molecule has 0 spiro atoms. The molecular formula is C12H11BrClN5O. The van der Waals surface area contributed by atoms with Gasteiger partial charge in [-0.3, -0.25) is 0 Å². The quantitative estimate of drug-likeness (QED) is 0.672. The van der Waals surface area contributed by atoms with Crippen molar-refractivity contribution in [3.05, 3.63) is 34.8 Å². The van der Waals surface area contributed by atoms with E-state index in [1.807, 2.05) is 17.6 Å². The van der Waals surface area contributed by atoms with Gasteiger partial charge >= 0.3 is 0 Å². The fourth-order valence-corrected chi connectivity index (χ4v) is 2.53. The summed E-state index contributed by atoms with van der Waals surface area (Å²) in [5.41, 5.74) is 1.62. The van der Waals surface area contributed by atoms with E-state index < -0.39 is 0 Å². The zero-order valence-electron chi connectivity index (χ0n) is 10.6. The Morgan fingerprint density at radius 3 is 3.00 bits per heavy atom. The SMILES string of the molecule is CC(Cl)c1nc2cc(Br)cnc2n1CCc1ncon1. The maximum Gasteiger partial charge on any atom is 0.213 e. The molecule has 0 aromatic carbocycles. The van der Waals surface area contributed by atoms with Crippen molar-refractivity contribution in [1.29, 1.82) is 0 Å². The molecule has 3 aromatic heterocycles. The highest BCUT2D eigenvalue weighted by atomic mass is 79.9. The number of aryl methyl sites for hydroxylation is 2. The van der Waals surface area contributed by atoms with Crippen LogP contribution in [-0.2, 0) is 13.0 Å². The average molecular weight is 357 g/mol. The maximum absolute atomic E-state index is 6.21. The number of alkyl halides is 1. The van der Waals surface area contributed by atoms with E-state index in [0.717, 1.165) is 21.5 Å². The molecule has 6 nitrogen and oxygen atoms in total. The smallest absolute Gasteiger partial charge is 0.213 e. The lowest BCUT2D eigenvalue weighted by Crippen LogP contribution is -2.08. The number of rotatable bonds is 4. The van der Waals surface area contributed by atoms with Crippen molar-refractivity contribution >= 4 is 38.7 Å². The predicted octanol–water partition coefficient (Wildman–Crippen LogP) is 3.12. The fraction of sp³-hybridized carbons (Fsp3) is 0.333. The highest BCUT2D eigenvalue weighted by Crippen LogP contribution is 2.25. The third-order valence-corrected chi connectivity index (χ3v) is 3.53. The summed E-state index contributed by atoms with van der Waals surface area (Å²) in [4.78, 5) is 13.0. The summed E-state index contributed by atoms with van der Waals surface area (Å²) in [6, 6.07) is 1.93. The fourth-order valence-electron chi connectivity index (χ4n) is 2.04. The van der Waals surface area contributed by atoms with Crippen LogP contribution in [0.15, 0.2) is 27.7 Å². The Morgan fingerprint density at radius 1 is 1.45 bits per heavy atom. The lowest BCUT2D eigenvalue weighted by atomic mass is 10.3. The minimum atomic E-state index is -0.201. The van der Waals surface area contributed by atoms with Gasteiger partial charge < -0.3 is 9.09 Å². The summed E-state index contributed by atoms with van der Waals surface area (Å²) in [5, 5.41) is 3.60. The Kier molecular flexibility index (Phi) is 3.71. The lowest BCUT2D eigenvalue weighted by molar-refractivity contribution is 0.408. The molecule has 3 rings (SSSR count). The van der Waals surface area contributed by atoms with Crippen molar-refractivity contribution in [2.75, 3.05) is 0 Å². The van der Waals surface area contributed by atoms with Gasteiger partial charge in [0.25, 0.3) is 0 Å². The second-order valence-electron chi connectivity index (χ2n) is 4.33. The van der Waals surface area contributed by atoms with Crippen molar-refractivity contribution in [3.63, 3.8) is 0 Å². The first kappa shape index (κ1) is 13.5. The molecule has 3 aromatic rings. The zero-order chi connectivity index (χ0) is 14.1. The van der Waals surface area contributed by atoms with Crippen molar-refractivity contribution in [2.45, 2.75) is 25.3 Å². The van der Waals surface area contributed by atoms with Gasteiger partial charge in [0.2, 0.25) is 6.39 Å². The molecule has 0 aliphatic heterocycles. The molecule has 104 valence electrons. The summed E-state index contributed by atoms with van der Waals surface area (Å²) in [6.45, 7) is 2.54. The van der Waals surface area contributed by atoms with E-state index in [-0.39, 0.29) is 5.38 Å². The number of hydrogen-bond donors (Lipinski definition) is 0. The molecule has 20 heavy (non-hydrogen) atoms. The lowest BCUT2D eigenvalue weighted by Gasteiger charge is -2.08. The van der Waals surface area contributed by atoms with Crippen molar-refractivity contribution < 1.29 is 4.52 Å². The first-order valence-electron chi connectivity index (χ1n) is 6.06. The van der Waals surface area contributed by atoms with Crippen LogP contribution in [0.3, 0.4) is 0 Å². The molecule has 0 fully saturated rings. The van der Waals surface area contributed by atoms with Gasteiger partial charge in [0.15, 0.2) is 11.5 Å². The minimum Gasteiger partial charge on any atom is -0.343 e. The van der Waals surface area contributed by atoms with Gasteiger partial charge in [-0.15, -0.1) is 11.6 Å². The van der Waals surface area contributed by atoms with E-state index in [0.29, 0.717) is 18.8 Å². The van der Waals surface area contributed by atoms with Gasteiger partial charge in [0.05, 0.1) is 5.38 Å². The van der Waals surface area contributed by atoms with Gasteiger partial charge in [0, 0.05) is 23.6 Å². The largest absolute Gasteiger partial charge is 0.343 e. The summed E-state index contributed by atoms with van der Waals surface area (Å²) < 4.78 is 7.62. The third kappa shape index (κ3) is 2.55. The van der Waals surface area contributed by atoms with Crippen molar-refractivity contribution in [1.82, 2.24) is 24.7 Å². The second kappa shape index (κ2) is 5.49. The molecular weight excluding hydrogens is 346 g/mol. The molecule has 0 aliphatic carbocycles.